The highest BCUT2D eigenvalue weighted by Gasteiger charge is 2.22. The molecule has 0 bridgehead atoms. The smallest absolute Gasteiger partial charge is 0.267 e. The van der Waals surface area contributed by atoms with Gasteiger partial charge >= 0.3 is 0 Å². The second-order valence-electron chi connectivity index (χ2n) is 11.0. The molecule has 0 fully saturated rings. The Morgan fingerprint density at radius 1 is 0.805 bits per heavy atom. The van der Waals surface area contributed by atoms with Crippen molar-refractivity contribution in [2.45, 2.75) is 117 Å². The Bertz CT molecular complexity index is 1010. The number of ether oxygens (including phenoxy) is 2. The van der Waals surface area contributed by atoms with Crippen molar-refractivity contribution in [3.05, 3.63) is 53.9 Å². The second kappa shape index (κ2) is 22.4. The van der Waals surface area contributed by atoms with Crippen LogP contribution in [-0.4, -0.2) is 29.9 Å². The molecule has 0 spiro atoms. The molecule has 0 aliphatic rings. The summed E-state index contributed by atoms with van der Waals surface area (Å²) >= 11 is 0. The molecule has 1 aromatic heterocycles. The lowest BCUT2D eigenvalue weighted by molar-refractivity contribution is -0.679. The van der Waals surface area contributed by atoms with E-state index in [-0.39, 0.29) is 48.9 Å². The fraction of sp³-hybridized carbons (Fsp3) is 0.618. The number of hydrogen-bond donors (Lipinski definition) is 0. The molecule has 0 aliphatic carbocycles. The molecule has 1 heterocycles. The van der Waals surface area contributed by atoms with Gasteiger partial charge in [-0.05, 0) is 37.1 Å². The molecule has 0 saturated heterocycles. The number of unbranched alkanes of at least 4 members (excludes halogenated alkanes) is 13. The van der Waals surface area contributed by atoms with E-state index in [1.807, 2.05) is 61.1 Å². The van der Waals surface area contributed by atoms with E-state index in [1.165, 1.54) is 95.3 Å². The lowest BCUT2D eigenvalue weighted by Gasteiger charge is -2.18. The Balaban J connectivity index is 0.00000840. The largest absolute Gasteiger partial charge is 1.00 e. The minimum absolute atomic E-state index is 0. The van der Waals surface area contributed by atoms with E-state index < -0.39 is 0 Å². The standard InChI is InChI=1S/C34H53N2O4.HI/c1-5-6-7-8-9-10-11-12-13-14-15-16-17-20-25-39-32-22-23-33(29(2)26-32)40-28-34(38)36(30(3)37)27-31-21-18-19-24-35(31)4;/h18-19,21-24,26H,5-17,20,25,27-28H2,1-4H3;1H/q+1;/p-1. The average molecular weight is 681 g/mol. The molecule has 0 atom stereocenters. The van der Waals surface area contributed by atoms with Crippen molar-refractivity contribution < 1.29 is 47.6 Å². The Kier molecular flexibility index (Phi) is 20.2. The summed E-state index contributed by atoms with van der Waals surface area (Å²) in [6, 6.07) is 11.3. The summed E-state index contributed by atoms with van der Waals surface area (Å²) in [5.41, 5.74) is 1.76. The van der Waals surface area contributed by atoms with Gasteiger partial charge in [-0.3, -0.25) is 14.5 Å². The highest BCUT2D eigenvalue weighted by molar-refractivity contribution is 5.94. The topological polar surface area (TPSA) is 59.7 Å². The first kappa shape index (κ1) is 36.9. The predicted octanol–water partition coefficient (Wildman–Crippen LogP) is 4.64. The minimum atomic E-state index is -0.367. The van der Waals surface area contributed by atoms with Crippen LogP contribution >= 0.6 is 0 Å². The number of pyridine rings is 1. The molecule has 0 saturated carbocycles. The van der Waals surface area contributed by atoms with Gasteiger partial charge in [0, 0.05) is 19.1 Å². The second-order valence-corrected chi connectivity index (χ2v) is 11.0. The molecule has 2 aromatic rings. The van der Waals surface area contributed by atoms with Crippen LogP contribution in [-0.2, 0) is 23.2 Å². The van der Waals surface area contributed by atoms with Crippen LogP contribution in [0.2, 0.25) is 0 Å². The molecule has 2 rings (SSSR count). The van der Waals surface area contributed by atoms with E-state index in [9.17, 15) is 9.59 Å². The van der Waals surface area contributed by atoms with Gasteiger partial charge in [0.2, 0.25) is 11.6 Å². The van der Waals surface area contributed by atoms with Crippen molar-refractivity contribution in [3.63, 3.8) is 0 Å². The zero-order valence-electron chi connectivity index (χ0n) is 26.0. The summed E-state index contributed by atoms with van der Waals surface area (Å²) in [6.45, 7) is 6.33. The van der Waals surface area contributed by atoms with Crippen molar-refractivity contribution in [2.75, 3.05) is 13.2 Å². The van der Waals surface area contributed by atoms with Crippen molar-refractivity contribution in [1.82, 2.24) is 4.90 Å². The van der Waals surface area contributed by atoms with Crippen molar-refractivity contribution >= 4 is 11.8 Å². The number of benzene rings is 1. The Hall–Kier alpha value is -2.16. The third-order valence-corrected chi connectivity index (χ3v) is 7.43. The van der Waals surface area contributed by atoms with Crippen LogP contribution in [0.15, 0.2) is 42.6 Å². The molecular weight excluding hydrogens is 627 g/mol. The van der Waals surface area contributed by atoms with Crippen LogP contribution in [0, 0.1) is 6.92 Å². The maximum Gasteiger partial charge on any atom is 0.267 e. The Morgan fingerprint density at radius 2 is 1.39 bits per heavy atom. The third-order valence-electron chi connectivity index (χ3n) is 7.43. The molecule has 1 aromatic carbocycles. The summed E-state index contributed by atoms with van der Waals surface area (Å²) in [6.07, 6.45) is 20.7. The fourth-order valence-corrected chi connectivity index (χ4v) is 4.84. The third kappa shape index (κ3) is 15.6. The van der Waals surface area contributed by atoms with E-state index in [2.05, 4.69) is 6.92 Å². The monoisotopic (exact) mass is 680 g/mol. The van der Waals surface area contributed by atoms with Crippen molar-refractivity contribution in [2.24, 2.45) is 7.05 Å². The number of rotatable bonds is 21. The van der Waals surface area contributed by atoms with E-state index >= 15 is 0 Å². The van der Waals surface area contributed by atoms with Crippen molar-refractivity contribution in [1.29, 1.82) is 0 Å². The van der Waals surface area contributed by atoms with Gasteiger partial charge in [0.25, 0.3) is 5.91 Å². The van der Waals surface area contributed by atoms with Gasteiger partial charge in [-0.2, -0.15) is 0 Å². The van der Waals surface area contributed by atoms with Crippen LogP contribution in [0.5, 0.6) is 11.5 Å². The van der Waals surface area contributed by atoms with Gasteiger partial charge < -0.3 is 33.5 Å². The zero-order chi connectivity index (χ0) is 29.0. The summed E-state index contributed by atoms with van der Waals surface area (Å²) in [7, 11) is 1.89. The lowest BCUT2D eigenvalue weighted by Crippen LogP contribution is -3.00. The zero-order valence-corrected chi connectivity index (χ0v) is 28.1. The number of nitrogens with zero attached hydrogens (tertiary/aromatic N) is 2. The number of carbonyl (C=O) groups is 2. The molecule has 7 heteroatoms. The van der Waals surface area contributed by atoms with Gasteiger partial charge in [0.05, 0.1) is 6.61 Å². The number of aromatic nitrogens is 1. The van der Waals surface area contributed by atoms with Gasteiger partial charge in [-0.15, -0.1) is 0 Å². The Labute approximate surface area is 266 Å². The Morgan fingerprint density at radius 3 is 1.93 bits per heavy atom. The number of halogens is 1. The summed E-state index contributed by atoms with van der Waals surface area (Å²) in [5, 5.41) is 0. The van der Waals surface area contributed by atoms with Crippen molar-refractivity contribution in [3.8, 4) is 11.5 Å². The summed E-state index contributed by atoms with van der Waals surface area (Å²) < 4.78 is 13.6. The van der Waals surface area contributed by atoms with Crippen LogP contribution in [0.1, 0.15) is 115 Å². The lowest BCUT2D eigenvalue weighted by atomic mass is 10.0. The maximum absolute atomic E-state index is 12.8. The minimum Gasteiger partial charge on any atom is -1.00 e. The van der Waals surface area contributed by atoms with Crippen LogP contribution in [0.4, 0.5) is 0 Å². The predicted molar refractivity (Wildman–Crippen MR) is 161 cm³/mol. The van der Waals surface area contributed by atoms with Gasteiger partial charge in [0.15, 0.2) is 12.8 Å². The summed E-state index contributed by atoms with van der Waals surface area (Å²) in [5.74, 6) is 0.758. The molecule has 0 N–H and O–H groups in total. The highest BCUT2D eigenvalue weighted by atomic mass is 127. The first-order valence-corrected chi connectivity index (χ1v) is 15.5. The van der Waals surface area contributed by atoms with E-state index in [0.29, 0.717) is 12.4 Å². The van der Waals surface area contributed by atoms with Crippen LogP contribution < -0.4 is 38.0 Å². The van der Waals surface area contributed by atoms with Gasteiger partial charge in [-0.1, -0.05) is 96.5 Å². The molecular formula is C34H53IN2O4. The van der Waals surface area contributed by atoms with Gasteiger partial charge in [0.1, 0.15) is 25.1 Å². The van der Waals surface area contributed by atoms with E-state index in [1.54, 1.807) is 0 Å². The quantitative estimate of drug-likeness (QED) is 0.110. The maximum atomic E-state index is 12.8. The normalized spacial score (nSPS) is 10.6. The van der Waals surface area contributed by atoms with E-state index in [0.717, 1.165) is 23.4 Å². The first-order chi connectivity index (χ1) is 19.4. The van der Waals surface area contributed by atoms with Crippen LogP contribution in [0.25, 0.3) is 0 Å². The average Bonchev–Trinajstić information content (AvgIpc) is 2.94. The fourth-order valence-electron chi connectivity index (χ4n) is 4.84. The molecule has 2 amide bonds. The SMILES string of the molecule is CCCCCCCCCCCCCCCCOc1ccc(OCC(=O)N(Cc2cccc[n+]2C)C(C)=O)c(C)c1.[I-]. The number of hydrogen-bond acceptors (Lipinski definition) is 4. The molecule has 0 unspecified atom stereocenters. The molecule has 230 valence electrons. The summed E-state index contributed by atoms with van der Waals surface area (Å²) in [4.78, 5) is 26.1. The first-order valence-electron chi connectivity index (χ1n) is 15.5. The highest BCUT2D eigenvalue weighted by Crippen LogP contribution is 2.24. The van der Waals surface area contributed by atoms with E-state index in [4.69, 9.17) is 9.47 Å². The number of amides is 2. The molecule has 6 nitrogen and oxygen atoms in total. The molecule has 41 heavy (non-hydrogen) atoms. The van der Waals surface area contributed by atoms with Gasteiger partial charge in [-0.25, -0.2) is 4.57 Å². The number of aryl methyl sites for hydroxylation is 2. The van der Waals surface area contributed by atoms with Crippen LogP contribution in [0.3, 0.4) is 0 Å². The molecule has 0 radical (unpaired) electrons. The molecule has 0 aliphatic heterocycles. The number of imide groups is 1. The number of carbonyl (C=O) groups excluding carboxylic acids is 2.